The molecule has 0 bridgehead atoms. The van der Waals surface area contributed by atoms with Gasteiger partial charge in [-0.1, -0.05) is 18.2 Å². The first-order chi connectivity index (χ1) is 11.4. The molecule has 1 aromatic heterocycles. The predicted octanol–water partition coefficient (Wildman–Crippen LogP) is 2.81. The first kappa shape index (κ1) is 19.9. The van der Waals surface area contributed by atoms with Gasteiger partial charge in [0.15, 0.2) is 0 Å². The van der Waals surface area contributed by atoms with Gasteiger partial charge in [0.25, 0.3) is 5.91 Å². The van der Waals surface area contributed by atoms with Gasteiger partial charge in [0, 0.05) is 12.6 Å². The average Bonchev–Trinajstić information content (AvgIpc) is 3.22. The van der Waals surface area contributed by atoms with Crippen molar-refractivity contribution in [1.29, 1.82) is 0 Å². The molecule has 0 radical (unpaired) electrons. The van der Waals surface area contributed by atoms with E-state index in [1.165, 1.54) is 6.07 Å². The summed E-state index contributed by atoms with van der Waals surface area (Å²) in [5, 5.41) is 0. The SMILES string of the molecule is CC1CC(CN)CN1C(=O)c1ccc(S(=O)(=O)c2ccccc2)s1.Cl. The van der Waals surface area contributed by atoms with Gasteiger partial charge in [-0.25, -0.2) is 8.42 Å². The summed E-state index contributed by atoms with van der Waals surface area (Å²) in [7, 11) is -3.58. The lowest BCUT2D eigenvalue weighted by Crippen LogP contribution is -2.33. The summed E-state index contributed by atoms with van der Waals surface area (Å²) in [6, 6.07) is 11.5. The van der Waals surface area contributed by atoms with Crippen molar-refractivity contribution in [2.75, 3.05) is 13.1 Å². The van der Waals surface area contributed by atoms with Gasteiger partial charge in [-0.15, -0.1) is 23.7 Å². The summed E-state index contributed by atoms with van der Waals surface area (Å²) < 4.78 is 25.4. The number of halogens is 1. The number of sulfone groups is 1. The second-order valence-corrected chi connectivity index (χ2v) is 9.34. The van der Waals surface area contributed by atoms with Gasteiger partial charge in [-0.05, 0) is 50.1 Å². The van der Waals surface area contributed by atoms with E-state index in [0.717, 1.165) is 17.8 Å². The van der Waals surface area contributed by atoms with Crippen molar-refractivity contribution in [2.24, 2.45) is 11.7 Å². The van der Waals surface area contributed by atoms with E-state index >= 15 is 0 Å². The molecule has 2 N–H and O–H groups in total. The van der Waals surface area contributed by atoms with Crippen LogP contribution < -0.4 is 5.73 Å². The maximum absolute atomic E-state index is 12.7. The predicted molar refractivity (Wildman–Crippen MR) is 101 cm³/mol. The number of hydrogen-bond acceptors (Lipinski definition) is 5. The highest BCUT2D eigenvalue weighted by molar-refractivity contribution is 7.93. The van der Waals surface area contributed by atoms with Gasteiger partial charge in [-0.2, -0.15) is 0 Å². The van der Waals surface area contributed by atoms with Crippen molar-refractivity contribution in [3.05, 3.63) is 47.3 Å². The molecule has 1 saturated heterocycles. The second-order valence-electron chi connectivity index (χ2n) is 6.08. The molecule has 0 spiro atoms. The third kappa shape index (κ3) is 3.89. The Balaban J connectivity index is 0.00000225. The molecule has 0 saturated carbocycles. The molecule has 2 heterocycles. The highest BCUT2D eigenvalue weighted by Crippen LogP contribution is 2.31. The Hall–Kier alpha value is -1.41. The molecule has 2 aromatic rings. The zero-order valence-electron chi connectivity index (χ0n) is 13.8. The molecule has 8 heteroatoms. The molecule has 1 fully saturated rings. The molecule has 1 aliphatic heterocycles. The van der Waals surface area contributed by atoms with Crippen LogP contribution in [-0.4, -0.2) is 38.4 Å². The van der Waals surface area contributed by atoms with Gasteiger partial charge in [0.05, 0.1) is 9.77 Å². The van der Waals surface area contributed by atoms with E-state index in [1.807, 2.05) is 6.92 Å². The molecule has 5 nitrogen and oxygen atoms in total. The molecule has 3 rings (SSSR count). The first-order valence-electron chi connectivity index (χ1n) is 7.84. The van der Waals surface area contributed by atoms with Gasteiger partial charge >= 0.3 is 0 Å². The molecule has 1 aliphatic rings. The van der Waals surface area contributed by atoms with Crippen LogP contribution in [0.25, 0.3) is 0 Å². The van der Waals surface area contributed by atoms with Crippen molar-refractivity contribution >= 4 is 39.5 Å². The summed E-state index contributed by atoms with van der Waals surface area (Å²) >= 11 is 1.03. The van der Waals surface area contributed by atoms with Crippen molar-refractivity contribution in [2.45, 2.75) is 28.5 Å². The topological polar surface area (TPSA) is 80.5 Å². The van der Waals surface area contributed by atoms with Crippen LogP contribution in [0.5, 0.6) is 0 Å². The van der Waals surface area contributed by atoms with Crippen LogP contribution in [-0.2, 0) is 9.84 Å². The number of rotatable bonds is 4. The Morgan fingerprint density at radius 3 is 2.52 bits per heavy atom. The van der Waals surface area contributed by atoms with Gasteiger partial charge < -0.3 is 10.6 Å². The summed E-state index contributed by atoms with van der Waals surface area (Å²) in [5.41, 5.74) is 5.71. The molecular formula is C17H21ClN2O3S2. The number of nitrogens with two attached hydrogens (primary N) is 1. The Bertz CT molecular complexity index is 837. The minimum atomic E-state index is -3.58. The van der Waals surface area contributed by atoms with Crippen molar-refractivity contribution in [3.8, 4) is 0 Å². The van der Waals surface area contributed by atoms with E-state index in [1.54, 1.807) is 41.3 Å². The molecule has 136 valence electrons. The Kier molecular flexibility index (Phi) is 6.26. The van der Waals surface area contributed by atoms with Crippen molar-refractivity contribution in [1.82, 2.24) is 4.90 Å². The number of carbonyl (C=O) groups is 1. The van der Waals surface area contributed by atoms with E-state index in [9.17, 15) is 13.2 Å². The highest BCUT2D eigenvalue weighted by Gasteiger charge is 2.33. The van der Waals surface area contributed by atoms with E-state index < -0.39 is 9.84 Å². The van der Waals surface area contributed by atoms with Gasteiger partial charge in [0.2, 0.25) is 9.84 Å². The normalized spacial score (nSPS) is 20.3. The number of amides is 1. The summed E-state index contributed by atoms with van der Waals surface area (Å²) in [6.07, 6.45) is 0.892. The molecule has 0 aliphatic carbocycles. The molecule has 1 amide bonds. The average molecular weight is 401 g/mol. The molecular weight excluding hydrogens is 380 g/mol. The second kappa shape index (κ2) is 7.86. The lowest BCUT2D eigenvalue weighted by atomic mass is 10.1. The Morgan fingerprint density at radius 2 is 1.92 bits per heavy atom. The quantitative estimate of drug-likeness (QED) is 0.855. The maximum Gasteiger partial charge on any atom is 0.264 e. The molecule has 25 heavy (non-hydrogen) atoms. The van der Waals surface area contributed by atoms with Crippen molar-refractivity contribution < 1.29 is 13.2 Å². The van der Waals surface area contributed by atoms with Gasteiger partial charge in [0.1, 0.15) is 4.21 Å². The minimum absolute atomic E-state index is 0. The fraction of sp³-hybridized carbons (Fsp3) is 0.353. The number of carbonyl (C=O) groups excluding carboxylic acids is 1. The number of benzene rings is 1. The Morgan fingerprint density at radius 1 is 1.24 bits per heavy atom. The zero-order valence-corrected chi connectivity index (χ0v) is 16.2. The first-order valence-corrected chi connectivity index (χ1v) is 10.1. The number of hydrogen-bond donors (Lipinski definition) is 1. The third-order valence-electron chi connectivity index (χ3n) is 4.37. The molecule has 1 aromatic carbocycles. The van der Waals surface area contributed by atoms with E-state index in [-0.39, 0.29) is 33.5 Å². The maximum atomic E-state index is 12.7. The third-order valence-corrected chi connectivity index (χ3v) is 7.70. The molecule has 2 unspecified atom stereocenters. The number of likely N-dealkylation sites (tertiary alicyclic amines) is 1. The van der Waals surface area contributed by atoms with E-state index in [0.29, 0.717) is 23.9 Å². The van der Waals surface area contributed by atoms with Gasteiger partial charge in [-0.3, -0.25) is 4.79 Å². The lowest BCUT2D eigenvalue weighted by molar-refractivity contribution is 0.0748. The number of thiophene rings is 1. The van der Waals surface area contributed by atoms with Crippen LogP contribution in [0.1, 0.15) is 23.0 Å². The number of nitrogens with zero attached hydrogens (tertiary/aromatic N) is 1. The lowest BCUT2D eigenvalue weighted by Gasteiger charge is -2.20. The van der Waals surface area contributed by atoms with E-state index in [2.05, 4.69) is 0 Å². The van der Waals surface area contributed by atoms with Crippen LogP contribution in [0.3, 0.4) is 0 Å². The minimum Gasteiger partial charge on any atom is -0.335 e. The largest absolute Gasteiger partial charge is 0.335 e. The highest BCUT2D eigenvalue weighted by atomic mass is 35.5. The smallest absolute Gasteiger partial charge is 0.264 e. The summed E-state index contributed by atoms with van der Waals surface area (Å²) in [4.78, 5) is 15.2. The summed E-state index contributed by atoms with van der Waals surface area (Å²) in [6.45, 7) is 3.20. The van der Waals surface area contributed by atoms with Crippen LogP contribution in [0.15, 0.2) is 51.6 Å². The van der Waals surface area contributed by atoms with E-state index in [4.69, 9.17) is 5.73 Å². The van der Waals surface area contributed by atoms with Crippen LogP contribution in [0.4, 0.5) is 0 Å². The van der Waals surface area contributed by atoms with Crippen molar-refractivity contribution in [3.63, 3.8) is 0 Å². The zero-order chi connectivity index (χ0) is 17.3. The standard InChI is InChI=1S/C17H20N2O3S2.ClH/c1-12-9-13(10-18)11-19(12)17(20)15-7-8-16(23-15)24(21,22)14-5-3-2-4-6-14;/h2-8,12-13H,9-11,18H2,1H3;1H. The van der Waals surface area contributed by atoms with Crippen LogP contribution in [0.2, 0.25) is 0 Å². The monoisotopic (exact) mass is 400 g/mol. The fourth-order valence-electron chi connectivity index (χ4n) is 3.03. The molecule has 2 atom stereocenters. The van der Waals surface area contributed by atoms with Crippen LogP contribution in [0, 0.1) is 5.92 Å². The van der Waals surface area contributed by atoms with Crippen LogP contribution >= 0.6 is 23.7 Å². The summed E-state index contributed by atoms with van der Waals surface area (Å²) in [5.74, 6) is 0.203. The fourth-order valence-corrected chi connectivity index (χ4v) is 5.72. The Labute approximate surface area is 158 Å².